The van der Waals surface area contributed by atoms with Gasteiger partial charge >= 0.3 is 5.97 Å². The zero-order chi connectivity index (χ0) is 8.43. The van der Waals surface area contributed by atoms with E-state index < -0.39 is 0 Å². The second-order valence-corrected chi connectivity index (χ2v) is 2.66. The van der Waals surface area contributed by atoms with Gasteiger partial charge in [-0.15, -0.1) is 0 Å². The van der Waals surface area contributed by atoms with Gasteiger partial charge in [0.15, 0.2) is 0 Å². The number of carbonyl (C=O) groups is 1. The summed E-state index contributed by atoms with van der Waals surface area (Å²) >= 11 is 0. The molecule has 0 aromatic rings. The third-order valence-electron chi connectivity index (χ3n) is 2.01. The minimum Gasteiger partial charge on any atom is -0.456 e. The zero-order valence-corrected chi connectivity index (χ0v) is 7.18. The van der Waals surface area contributed by atoms with Crippen LogP contribution in [0.5, 0.6) is 0 Å². The van der Waals surface area contributed by atoms with Crippen LogP contribution in [-0.4, -0.2) is 31.1 Å². The van der Waals surface area contributed by atoms with E-state index in [9.17, 15) is 4.79 Å². The van der Waals surface area contributed by atoms with Crippen LogP contribution in [0.25, 0.3) is 0 Å². The minimum absolute atomic E-state index is 0.180. The van der Waals surface area contributed by atoms with Crippen molar-refractivity contribution in [3.05, 3.63) is 11.3 Å². The first-order valence-corrected chi connectivity index (χ1v) is 3.74. The van der Waals surface area contributed by atoms with Crippen LogP contribution in [-0.2, 0) is 9.53 Å². The Balaban J connectivity index is 2.79. The number of ether oxygens (including phenoxy) is 1. The van der Waals surface area contributed by atoms with Gasteiger partial charge in [-0.2, -0.15) is 0 Å². The first-order chi connectivity index (χ1) is 5.16. The number of esters is 1. The summed E-state index contributed by atoms with van der Waals surface area (Å²) in [6.45, 7) is 5.19. The second kappa shape index (κ2) is 2.95. The van der Waals surface area contributed by atoms with E-state index in [-0.39, 0.29) is 5.97 Å². The second-order valence-electron chi connectivity index (χ2n) is 2.66. The Morgan fingerprint density at radius 3 is 2.64 bits per heavy atom. The van der Waals surface area contributed by atoms with Crippen molar-refractivity contribution in [1.82, 2.24) is 4.90 Å². The Morgan fingerprint density at radius 2 is 2.27 bits per heavy atom. The van der Waals surface area contributed by atoms with Gasteiger partial charge in [-0.3, -0.25) is 0 Å². The Labute approximate surface area is 66.6 Å². The monoisotopic (exact) mass is 155 g/mol. The van der Waals surface area contributed by atoms with Crippen LogP contribution < -0.4 is 0 Å². The van der Waals surface area contributed by atoms with Crippen molar-refractivity contribution < 1.29 is 9.53 Å². The van der Waals surface area contributed by atoms with Crippen LogP contribution in [0.2, 0.25) is 0 Å². The molecule has 0 saturated carbocycles. The molecule has 0 radical (unpaired) electrons. The Kier molecular flexibility index (Phi) is 2.17. The van der Waals surface area contributed by atoms with Crippen LogP contribution in [0, 0.1) is 0 Å². The Hall–Kier alpha value is -0.990. The zero-order valence-electron chi connectivity index (χ0n) is 7.18. The first-order valence-electron chi connectivity index (χ1n) is 3.74. The van der Waals surface area contributed by atoms with Crippen LogP contribution in [0.15, 0.2) is 11.3 Å². The number of hydrogen-bond donors (Lipinski definition) is 0. The molecule has 1 aliphatic rings. The molecule has 1 aliphatic heterocycles. The average molecular weight is 155 g/mol. The first kappa shape index (κ1) is 8.11. The van der Waals surface area contributed by atoms with Crippen LogP contribution in [0.4, 0.5) is 0 Å². The molecule has 3 heteroatoms. The summed E-state index contributed by atoms with van der Waals surface area (Å²) in [5.41, 5.74) is 1.76. The van der Waals surface area contributed by atoms with Gasteiger partial charge in [0.05, 0.1) is 11.3 Å². The van der Waals surface area contributed by atoms with Crippen LogP contribution in [0.3, 0.4) is 0 Å². The van der Waals surface area contributed by atoms with Gasteiger partial charge in [0.2, 0.25) is 0 Å². The maximum absolute atomic E-state index is 10.9. The number of likely N-dealkylation sites (N-methyl/N-ethyl adjacent to an activating group) is 1. The number of rotatable bonds is 2. The van der Waals surface area contributed by atoms with Gasteiger partial charge in [0.1, 0.15) is 6.61 Å². The minimum atomic E-state index is -0.180. The highest BCUT2D eigenvalue weighted by atomic mass is 16.5. The Bertz CT molecular complexity index is 208. The highest BCUT2D eigenvalue weighted by Crippen LogP contribution is 2.17. The molecule has 0 atom stereocenters. The molecule has 1 heterocycles. The van der Waals surface area contributed by atoms with E-state index in [1.165, 1.54) is 0 Å². The summed E-state index contributed by atoms with van der Waals surface area (Å²) in [5, 5.41) is 0. The summed E-state index contributed by atoms with van der Waals surface area (Å²) in [4.78, 5) is 12.9. The smallest absolute Gasteiger partial charge is 0.335 e. The topological polar surface area (TPSA) is 29.5 Å². The molecule has 0 bridgehead atoms. The molecule has 0 aliphatic carbocycles. The fourth-order valence-corrected chi connectivity index (χ4v) is 1.06. The molecule has 0 fully saturated rings. The molecule has 0 N–H and O–H groups in total. The van der Waals surface area contributed by atoms with Crippen molar-refractivity contribution >= 4 is 5.97 Å². The third-order valence-corrected chi connectivity index (χ3v) is 2.01. The lowest BCUT2D eigenvalue weighted by Gasteiger charge is -2.16. The van der Waals surface area contributed by atoms with E-state index in [0.717, 1.165) is 17.8 Å². The fourth-order valence-electron chi connectivity index (χ4n) is 1.06. The van der Waals surface area contributed by atoms with Crippen molar-refractivity contribution in [1.29, 1.82) is 0 Å². The molecule has 0 spiro atoms. The van der Waals surface area contributed by atoms with Gasteiger partial charge in [0, 0.05) is 13.6 Å². The number of carbonyl (C=O) groups excluding carboxylic acids is 1. The standard InChI is InChI=1S/C8H13NO2/c1-4-9(3)7-5-11-8(10)6(7)2/h4-5H2,1-3H3. The largest absolute Gasteiger partial charge is 0.456 e. The van der Waals surface area contributed by atoms with Gasteiger partial charge in [-0.05, 0) is 13.8 Å². The molecule has 1 rings (SSSR count). The normalized spacial score (nSPS) is 17.2. The molecule has 11 heavy (non-hydrogen) atoms. The van der Waals surface area contributed by atoms with Crippen LogP contribution >= 0.6 is 0 Å². The number of cyclic esters (lactones) is 1. The van der Waals surface area contributed by atoms with Gasteiger partial charge in [-0.1, -0.05) is 0 Å². The molecular weight excluding hydrogens is 142 g/mol. The summed E-state index contributed by atoms with van der Waals surface area (Å²) in [5.74, 6) is -0.180. The van der Waals surface area contributed by atoms with E-state index in [2.05, 4.69) is 0 Å². The molecule has 0 unspecified atom stereocenters. The third kappa shape index (κ3) is 1.37. The summed E-state index contributed by atoms with van der Waals surface area (Å²) in [7, 11) is 1.96. The van der Waals surface area contributed by atoms with Gasteiger partial charge < -0.3 is 9.64 Å². The van der Waals surface area contributed by atoms with E-state index in [1.807, 2.05) is 18.9 Å². The van der Waals surface area contributed by atoms with Gasteiger partial charge in [-0.25, -0.2) is 4.79 Å². The molecule has 3 nitrogen and oxygen atoms in total. The van der Waals surface area contributed by atoms with Crippen molar-refractivity contribution in [2.75, 3.05) is 20.2 Å². The lowest BCUT2D eigenvalue weighted by Crippen LogP contribution is -2.18. The molecule has 0 aromatic heterocycles. The van der Waals surface area contributed by atoms with Crippen molar-refractivity contribution in [2.24, 2.45) is 0 Å². The Morgan fingerprint density at radius 1 is 1.64 bits per heavy atom. The van der Waals surface area contributed by atoms with E-state index >= 15 is 0 Å². The van der Waals surface area contributed by atoms with Crippen molar-refractivity contribution in [3.63, 3.8) is 0 Å². The van der Waals surface area contributed by atoms with E-state index in [0.29, 0.717) is 6.61 Å². The average Bonchev–Trinajstić information content (AvgIpc) is 2.32. The number of nitrogens with zero attached hydrogens (tertiary/aromatic N) is 1. The summed E-state index contributed by atoms with van der Waals surface area (Å²) in [6.07, 6.45) is 0. The lowest BCUT2D eigenvalue weighted by atomic mass is 10.2. The van der Waals surface area contributed by atoms with Crippen molar-refractivity contribution in [3.8, 4) is 0 Å². The molecule has 0 aromatic carbocycles. The van der Waals surface area contributed by atoms with Crippen LogP contribution in [0.1, 0.15) is 13.8 Å². The highest BCUT2D eigenvalue weighted by molar-refractivity contribution is 5.90. The highest BCUT2D eigenvalue weighted by Gasteiger charge is 2.22. The van der Waals surface area contributed by atoms with Gasteiger partial charge in [0.25, 0.3) is 0 Å². The molecule has 0 saturated heterocycles. The lowest BCUT2D eigenvalue weighted by molar-refractivity contribution is -0.136. The molecular formula is C8H13NO2. The maximum atomic E-state index is 10.9. The van der Waals surface area contributed by atoms with Crippen molar-refractivity contribution in [2.45, 2.75) is 13.8 Å². The summed E-state index contributed by atoms with van der Waals surface area (Å²) < 4.78 is 4.85. The molecule has 0 amide bonds. The predicted octanol–water partition coefficient (Wildman–Crippen LogP) is 0.769. The maximum Gasteiger partial charge on any atom is 0.335 e. The quantitative estimate of drug-likeness (QED) is 0.551. The summed E-state index contributed by atoms with van der Waals surface area (Å²) in [6, 6.07) is 0. The van der Waals surface area contributed by atoms with E-state index in [1.54, 1.807) is 6.92 Å². The SMILES string of the molecule is CCN(C)C1=C(C)C(=O)OC1. The fraction of sp³-hybridized carbons (Fsp3) is 0.625. The molecule has 62 valence electrons. The number of hydrogen-bond acceptors (Lipinski definition) is 3. The van der Waals surface area contributed by atoms with E-state index in [4.69, 9.17) is 4.74 Å². The predicted molar refractivity (Wildman–Crippen MR) is 42.0 cm³/mol.